The van der Waals surface area contributed by atoms with E-state index in [2.05, 4.69) is 67.0 Å². The first-order valence-electron chi connectivity index (χ1n) is 8.57. The summed E-state index contributed by atoms with van der Waals surface area (Å²) in [6, 6.07) is 20.8. The maximum Gasteiger partial charge on any atom is 0.217 e. The molecule has 134 valence electrons. The Kier molecular flexibility index (Phi) is 3.68. The van der Waals surface area contributed by atoms with Gasteiger partial charge in [0.2, 0.25) is 10.1 Å². The van der Waals surface area contributed by atoms with E-state index in [9.17, 15) is 0 Å². The topological polar surface area (TPSA) is 56.0 Å². The number of aromatic nitrogens is 5. The van der Waals surface area contributed by atoms with Gasteiger partial charge in [-0.1, -0.05) is 53.8 Å². The molecular formula is C20H11N5S3. The molecule has 0 aliphatic heterocycles. The molecule has 0 unspecified atom stereocenters. The molecule has 0 spiro atoms. The molecular weight excluding hydrogens is 406 g/mol. The molecule has 2 aromatic carbocycles. The van der Waals surface area contributed by atoms with Crippen molar-refractivity contribution >= 4 is 59.8 Å². The highest BCUT2D eigenvalue weighted by Crippen LogP contribution is 2.39. The third-order valence-corrected chi connectivity index (χ3v) is 7.52. The van der Waals surface area contributed by atoms with E-state index in [-0.39, 0.29) is 0 Å². The van der Waals surface area contributed by atoms with Crippen molar-refractivity contribution < 1.29 is 0 Å². The summed E-state index contributed by atoms with van der Waals surface area (Å²) in [6.45, 7) is 0. The largest absolute Gasteiger partial charge is 0.260 e. The number of benzene rings is 2. The first kappa shape index (κ1) is 16.2. The summed E-state index contributed by atoms with van der Waals surface area (Å²) < 4.78 is 3.30. The minimum Gasteiger partial charge on any atom is -0.260 e. The van der Waals surface area contributed by atoms with E-state index in [1.54, 1.807) is 29.0 Å². The third kappa shape index (κ3) is 2.53. The maximum atomic E-state index is 4.54. The lowest BCUT2D eigenvalue weighted by molar-refractivity contribution is 0.936. The van der Waals surface area contributed by atoms with Crippen molar-refractivity contribution in [3.63, 3.8) is 0 Å². The molecule has 0 saturated carbocycles. The van der Waals surface area contributed by atoms with Gasteiger partial charge in [-0.05, 0) is 35.5 Å². The zero-order valence-corrected chi connectivity index (χ0v) is 16.8. The van der Waals surface area contributed by atoms with Gasteiger partial charge in [0, 0.05) is 10.3 Å². The van der Waals surface area contributed by atoms with Crippen LogP contribution < -0.4 is 0 Å². The van der Waals surface area contributed by atoms with Crippen LogP contribution in [-0.4, -0.2) is 24.6 Å². The smallest absolute Gasteiger partial charge is 0.217 e. The fourth-order valence-corrected chi connectivity index (χ4v) is 6.16. The molecule has 0 aliphatic carbocycles. The summed E-state index contributed by atoms with van der Waals surface area (Å²) >= 11 is 4.86. The van der Waals surface area contributed by atoms with E-state index in [1.165, 1.54) is 26.9 Å². The second kappa shape index (κ2) is 6.37. The Morgan fingerprint density at radius 1 is 0.857 bits per heavy atom. The molecule has 5 nitrogen and oxygen atoms in total. The van der Waals surface area contributed by atoms with Gasteiger partial charge in [0.25, 0.3) is 0 Å². The molecule has 0 radical (unpaired) electrons. The van der Waals surface area contributed by atoms with Gasteiger partial charge in [-0.15, -0.1) is 21.5 Å². The first-order valence-corrected chi connectivity index (χ1v) is 11.0. The number of hydrogen-bond acceptors (Lipinski definition) is 7. The fraction of sp³-hybridized carbons (Fsp3) is 0. The summed E-state index contributed by atoms with van der Waals surface area (Å²) in [5.41, 5.74) is 2.31. The highest BCUT2D eigenvalue weighted by Gasteiger charge is 2.17. The molecule has 4 heterocycles. The average Bonchev–Trinajstić information content (AvgIpc) is 3.43. The van der Waals surface area contributed by atoms with Crippen LogP contribution in [0.3, 0.4) is 0 Å². The maximum absolute atomic E-state index is 4.54. The van der Waals surface area contributed by atoms with Crippen molar-refractivity contribution in [3.05, 3.63) is 67.0 Å². The van der Waals surface area contributed by atoms with Crippen LogP contribution in [0, 0.1) is 0 Å². The van der Waals surface area contributed by atoms with Crippen molar-refractivity contribution in [2.45, 2.75) is 10.2 Å². The number of thiophene rings is 1. The van der Waals surface area contributed by atoms with E-state index in [0.29, 0.717) is 0 Å². The zero-order chi connectivity index (χ0) is 18.5. The van der Waals surface area contributed by atoms with Crippen LogP contribution in [0.5, 0.6) is 0 Å². The lowest BCUT2D eigenvalue weighted by Crippen LogP contribution is -1.88. The Balaban J connectivity index is 1.49. The second-order valence-corrected chi connectivity index (χ2v) is 9.14. The molecule has 0 fully saturated rings. The summed E-state index contributed by atoms with van der Waals surface area (Å²) in [4.78, 5) is 12.1. The van der Waals surface area contributed by atoms with Gasteiger partial charge < -0.3 is 0 Å². The molecule has 6 aromatic rings. The van der Waals surface area contributed by atoms with Crippen LogP contribution in [-0.2, 0) is 0 Å². The average molecular weight is 418 g/mol. The predicted octanol–water partition coefficient (Wildman–Crippen LogP) is 5.77. The Hall–Kier alpha value is -2.81. The van der Waals surface area contributed by atoms with Crippen LogP contribution in [0.25, 0.3) is 35.8 Å². The highest BCUT2D eigenvalue weighted by molar-refractivity contribution is 7.99. The van der Waals surface area contributed by atoms with Crippen LogP contribution in [0.4, 0.5) is 0 Å². The van der Waals surface area contributed by atoms with Gasteiger partial charge in [-0.25, -0.2) is 9.97 Å². The van der Waals surface area contributed by atoms with Gasteiger partial charge in [0.15, 0.2) is 0 Å². The Bertz CT molecular complexity index is 1450. The summed E-state index contributed by atoms with van der Waals surface area (Å²) in [5.74, 6) is 0. The van der Waals surface area contributed by atoms with Crippen LogP contribution in [0.2, 0.25) is 0 Å². The number of para-hydroxylation sites is 1. The molecule has 4 aromatic heterocycles. The summed E-state index contributed by atoms with van der Waals surface area (Å²) in [6.07, 6.45) is 1.62. The monoisotopic (exact) mass is 417 g/mol. The standard InChI is InChI=1S/C20H11N5S3/c1-2-6-12(7-3-1)16-10-13-17(26-16)21-11-22-18(13)28-20-24-23-19-25(20)14-8-4-5-9-15(14)27-19/h1-11H. The Morgan fingerprint density at radius 2 is 1.71 bits per heavy atom. The van der Waals surface area contributed by atoms with Gasteiger partial charge >= 0.3 is 0 Å². The van der Waals surface area contributed by atoms with Crippen molar-refractivity contribution in [3.8, 4) is 10.4 Å². The molecule has 8 heteroatoms. The molecule has 0 amide bonds. The second-order valence-electron chi connectivity index (χ2n) is 6.15. The van der Waals surface area contributed by atoms with Crippen molar-refractivity contribution in [2.24, 2.45) is 0 Å². The van der Waals surface area contributed by atoms with E-state index in [0.717, 1.165) is 30.9 Å². The summed E-state index contributed by atoms with van der Waals surface area (Å²) in [7, 11) is 0. The van der Waals surface area contributed by atoms with Crippen LogP contribution in [0.15, 0.2) is 77.2 Å². The molecule has 28 heavy (non-hydrogen) atoms. The lowest BCUT2D eigenvalue weighted by Gasteiger charge is -2.00. The predicted molar refractivity (Wildman–Crippen MR) is 115 cm³/mol. The van der Waals surface area contributed by atoms with E-state index < -0.39 is 0 Å². The number of nitrogens with zero attached hydrogens (tertiary/aromatic N) is 5. The van der Waals surface area contributed by atoms with E-state index >= 15 is 0 Å². The van der Waals surface area contributed by atoms with Crippen molar-refractivity contribution in [1.82, 2.24) is 24.6 Å². The normalized spacial score (nSPS) is 11.7. The molecule has 0 bridgehead atoms. The van der Waals surface area contributed by atoms with Gasteiger partial charge in [-0.3, -0.25) is 4.40 Å². The van der Waals surface area contributed by atoms with E-state index in [4.69, 9.17) is 0 Å². The van der Waals surface area contributed by atoms with Gasteiger partial charge in [0.05, 0.1) is 10.2 Å². The number of rotatable bonds is 3. The van der Waals surface area contributed by atoms with Crippen molar-refractivity contribution in [2.75, 3.05) is 0 Å². The lowest BCUT2D eigenvalue weighted by atomic mass is 10.2. The number of hydrogen-bond donors (Lipinski definition) is 0. The number of fused-ring (bicyclic) bond motifs is 4. The minimum atomic E-state index is 0.819. The zero-order valence-electron chi connectivity index (χ0n) is 14.3. The molecule has 0 N–H and O–H groups in total. The Morgan fingerprint density at radius 3 is 2.64 bits per heavy atom. The number of thiazole rings is 1. The first-order chi connectivity index (χ1) is 13.9. The summed E-state index contributed by atoms with van der Waals surface area (Å²) in [5, 5.41) is 11.5. The highest BCUT2D eigenvalue weighted by atomic mass is 32.2. The molecule has 6 rings (SSSR count). The Labute approximate surface area is 171 Å². The van der Waals surface area contributed by atoms with Gasteiger partial charge in [-0.2, -0.15) is 0 Å². The van der Waals surface area contributed by atoms with E-state index in [1.807, 2.05) is 18.2 Å². The SMILES string of the molecule is c1ccc(-c2cc3c(Sc4nnc5sc6ccccc6n45)ncnc3s2)cc1. The minimum absolute atomic E-state index is 0.819. The fourth-order valence-electron chi connectivity index (χ4n) is 3.17. The van der Waals surface area contributed by atoms with Gasteiger partial charge in [0.1, 0.15) is 16.2 Å². The quantitative estimate of drug-likeness (QED) is 0.342. The third-order valence-electron chi connectivity index (χ3n) is 4.45. The van der Waals surface area contributed by atoms with Crippen molar-refractivity contribution in [1.29, 1.82) is 0 Å². The molecule has 0 atom stereocenters. The van der Waals surface area contributed by atoms with Crippen LogP contribution >= 0.6 is 34.4 Å². The molecule has 0 aliphatic rings. The van der Waals surface area contributed by atoms with Crippen LogP contribution in [0.1, 0.15) is 0 Å². The molecule has 0 saturated heterocycles.